The molecule has 2 aromatic rings. The third kappa shape index (κ3) is 3.21. The summed E-state index contributed by atoms with van der Waals surface area (Å²) in [5.41, 5.74) is 1.74. The molecule has 1 aromatic carbocycles. The summed E-state index contributed by atoms with van der Waals surface area (Å²) in [5.74, 6) is -1.14. The Labute approximate surface area is 127 Å². The van der Waals surface area contributed by atoms with Crippen molar-refractivity contribution in [3.63, 3.8) is 0 Å². The molecule has 0 saturated carbocycles. The predicted molar refractivity (Wildman–Crippen MR) is 81.2 cm³/mol. The predicted octanol–water partition coefficient (Wildman–Crippen LogP) is 1.96. The molecule has 5 nitrogen and oxygen atoms in total. The minimum absolute atomic E-state index is 0.0400. The van der Waals surface area contributed by atoms with Crippen molar-refractivity contribution in [1.82, 2.24) is 15.5 Å². The lowest BCUT2D eigenvalue weighted by molar-refractivity contribution is 0.0946. The van der Waals surface area contributed by atoms with E-state index < -0.39 is 11.7 Å². The highest BCUT2D eigenvalue weighted by Gasteiger charge is 2.15. The van der Waals surface area contributed by atoms with Crippen LogP contribution in [0.15, 0.2) is 29.1 Å². The number of benzene rings is 1. The van der Waals surface area contributed by atoms with E-state index in [1.807, 2.05) is 13.8 Å². The number of aryl methyl sites for hydroxylation is 1. The average Bonchev–Trinajstić information content (AvgIpc) is 2.53. The number of aromatic nitrogens is 2. The van der Waals surface area contributed by atoms with Crippen molar-refractivity contribution < 1.29 is 9.18 Å². The molecule has 2 N–H and O–H groups in total. The summed E-state index contributed by atoms with van der Waals surface area (Å²) < 4.78 is 13.6. The molecule has 1 aromatic heterocycles. The van der Waals surface area contributed by atoms with Crippen LogP contribution in [0.4, 0.5) is 4.39 Å². The van der Waals surface area contributed by atoms with Crippen LogP contribution in [0.2, 0.25) is 0 Å². The Hall–Kier alpha value is -2.50. The zero-order valence-corrected chi connectivity index (χ0v) is 12.6. The fraction of sp³-hybridized carbons (Fsp3) is 0.312. The molecule has 0 aliphatic rings. The Morgan fingerprint density at radius 2 is 1.95 bits per heavy atom. The van der Waals surface area contributed by atoms with Crippen LogP contribution in [0.1, 0.15) is 41.0 Å². The van der Waals surface area contributed by atoms with Gasteiger partial charge in [0.05, 0.1) is 11.3 Å². The fourth-order valence-corrected chi connectivity index (χ4v) is 2.37. The first-order chi connectivity index (χ1) is 10.6. The SMILES string of the molecule is CCc1n[nH]c(=O)c(CNC(=O)c2ccccc2F)c1CC. The summed E-state index contributed by atoms with van der Waals surface area (Å²) >= 11 is 0. The van der Waals surface area contributed by atoms with Gasteiger partial charge in [-0.25, -0.2) is 9.49 Å². The number of rotatable bonds is 5. The van der Waals surface area contributed by atoms with Crippen molar-refractivity contribution >= 4 is 5.91 Å². The Morgan fingerprint density at radius 3 is 2.59 bits per heavy atom. The van der Waals surface area contributed by atoms with Gasteiger partial charge in [0, 0.05) is 12.1 Å². The lowest BCUT2D eigenvalue weighted by Gasteiger charge is -2.11. The first-order valence-corrected chi connectivity index (χ1v) is 7.20. The van der Waals surface area contributed by atoms with Crippen LogP contribution in [-0.4, -0.2) is 16.1 Å². The number of hydrogen-bond donors (Lipinski definition) is 2. The number of H-pyrrole nitrogens is 1. The normalized spacial score (nSPS) is 10.5. The smallest absolute Gasteiger partial charge is 0.269 e. The third-order valence-electron chi connectivity index (χ3n) is 3.51. The zero-order chi connectivity index (χ0) is 16.1. The van der Waals surface area contributed by atoms with Crippen LogP contribution in [0, 0.1) is 5.82 Å². The molecule has 0 radical (unpaired) electrons. The maximum Gasteiger partial charge on any atom is 0.269 e. The number of nitrogens with zero attached hydrogens (tertiary/aromatic N) is 1. The Morgan fingerprint density at radius 1 is 1.23 bits per heavy atom. The molecular weight excluding hydrogens is 285 g/mol. The van der Waals surface area contributed by atoms with Gasteiger partial charge < -0.3 is 5.32 Å². The maximum absolute atomic E-state index is 13.6. The second kappa shape index (κ2) is 6.98. The minimum Gasteiger partial charge on any atom is -0.348 e. The van der Waals surface area contributed by atoms with Crippen LogP contribution < -0.4 is 10.9 Å². The Bertz CT molecular complexity index is 740. The molecule has 1 heterocycles. The van der Waals surface area contributed by atoms with Gasteiger partial charge in [-0.05, 0) is 30.5 Å². The zero-order valence-electron chi connectivity index (χ0n) is 12.6. The second-order valence-corrected chi connectivity index (χ2v) is 4.83. The quantitative estimate of drug-likeness (QED) is 0.886. The summed E-state index contributed by atoms with van der Waals surface area (Å²) in [6.07, 6.45) is 1.33. The number of aromatic amines is 1. The van der Waals surface area contributed by atoms with Gasteiger partial charge in [0.1, 0.15) is 5.82 Å². The van der Waals surface area contributed by atoms with Crippen molar-refractivity contribution in [2.24, 2.45) is 0 Å². The van der Waals surface area contributed by atoms with E-state index in [0.717, 1.165) is 11.3 Å². The molecule has 0 fully saturated rings. The topological polar surface area (TPSA) is 74.8 Å². The molecule has 0 saturated heterocycles. The third-order valence-corrected chi connectivity index (χ3v) is 3.51. The summed E-state index contributed by atoms with van der Waals surface area (Å²) in [7, 11) is 0. The monoisotopic (exact) mass is 303 g/mol. The first kappa shape index (κ1) is 15.9. The molecule has 0 spiro atoms. The van der Waals surface area contributed by atoms with Crippen molar-refractivity contribution in [2.45, 2.75) is 33.2 Å². The molecule has 2 rings (SSSR count). The Kier molecular flexibility index (Phi) is 5.04. The van der Waals surface area contributed by atoms with Crippen LogP contribution in [0.25, 0.3) is 0 Å². The van der Waals surface area contributed by atoms with E-state index in [2.05, 4.69) is 15.5 Å². The molecule has 0 aliphatic heterocycles. The van der Waals surface area contributed by atoms with Crippen LogP contribution in [0.5, 0.6) is 0 Å². The van der Waals surface area contributed by atoms with Crippen molar-refractivity contribution in [3.8, 4) is 0 Å². The molecule has 0 bridgehead atoms. The van der Waals surface area contributed by atoms with Gasteiger partial charge in [0.15, 0.2) is 0 Å². The largest absolute Gasteiger partial charge is 0.348 e. The van der Waals surface area contributed by atoms with Gasteiger partial charge in [-0.2, -0.15) is 5.10 Å². The van der Waals surface area contributed by atoms with Crippen molar-refractivity contribution in [2.75, 3.05) is 0 Å². The number of carbonyl (C=O) groups excluding carboxylic acids is 1. The average molecular weight is 303 g/mol. The summed E-state index contributed by atoms with van der Waals surface area (Å²) in [6, 6.07) is 5.73. The molecule has 1 amide bonds. The summed E-state index contributed by atoms with van der Waals surface area (Å²) in [5, 5.41) is 9.05. The van der Waals surface area contributed by atoms with E-state index in [0.29, 0.717) is 18.4 Å². The highest BCUT2D eigenvalue weighted by molar-refractivity contribution is 5.94. The maximum atomic E-state index is 13.6. The van der Waals surface area contributed by atoms with Gasteiger partial charge in [0.2, 0.25) is 0 Å². The number of hydrogen-bond acceptors (Lipinski definition) is 3. The van der Waals surface area contributed by atoms with Gasteiger partial charge in [-0.15, -0.1) is 0 Å². The second-order valence-electron chi connectivity index (χ2n) is 4.83. The minimum atomic E-state index is -0.589. The van der Waals surface area contributed by atoms with E-state index in [9.17, 15) is 14.0 Å². The van der Waals surface area contributed by atoms with Crippen molar-refractivity contribution in [1.29, 1.82) is 0 Å². The molecule has 0 aliphatic carbocycles. The van der Waals surface area contributed by atoms with Gasteiger partial charge >= 0.3 is 0 Å². The highest BCUT2D eigenvalue weighted by atomic mass is 19.1. The lowest BCUT2D eigenvalue weighted by atomic mass is 10.0. The molecule has 0 unspecified atom stereocenters. The number of carbonyl (C=O) groups is 1. The van der Waals surface area contributed by atoms with Gasteiger partial charge in [-0.1, -0.05) is 26.0 Å². The first-order valence-electron chi connectivity index (χ1n) is 7.20. The molecule has 6 heteroatoms. The molecular formula is C16H18FN3O2. The molecule has 116 valence electrons. The number of halogens is 1. The molecule has 22 heavy (non-hydrogen) atoms. The van der Waals surface area contributed by atoms with Gasteiger partial charge in [0.25, 0.3) is 11.5 Å². The summed E-state index contributed by atoms with van der Waals surface area (Å²) in [4.78, 5) is 24.0. The van der Waals surface area contributed by atoms with E-state index in [-0.39, 0.29) is 17.7 Å². The van der Waals surface area contributed by atoms with E-state index in [4.69, 9.17) is 0 Å². The number of nitrogens with one attached hydrogen (secondary N) is 2. The Balaban J connectivity index is 2.24. The van der Waals surface area contributed by atoms with Crippen LogP contribution >= 0.6 is 0 Å². The van der Waals surface area contributed by atoms with Crippen molar-refractivity contribution in [3.05, 3.63) is 62.8 Å². The van der Waals surface area contributed by atoms with E-state index in [1.165, 1.54) is 18.2 Å². The lowest BCUT2D eigenvalue weighted by Crippen LogP contribution is -2.29. The fourth-order valence-electron chi connectivity index (χ4n) is 2.37. The highest BCUT2D eigenvalue weighted by Crippen LogP contribution is 2.11. The molecule has 0 atom stereocenters. The van der Waals surface area contributed by atoms with Crippen LogP contribution in [-0.2, 0) is 19.4 Å². The van der Waals surface area contributed by atoms with Gasteiger partial charge in [-0.3, -0.25) is 9.59 Å². The van der Waals surface area contributed by atoms with E-state index in [1.54, 1.807) is 6.07 Å². The standard InChI is InChI=1S/C16H18FN3O2/c1-3-10-12(16(22)20-19-14(10)4-2)9-18-15(21)11-7-5-6-8-13(11)17/h5-8H,3-4,9H2,1-2H3,(H,18,21)(H,20,22). The van der Waals surface area contributed by atoms with Crippen LogP contribution in [0.3, 0.4) is 0 Å². The van der Waals surface area contributed by atoms with E-state index >= 15 is 0 Å². The number of amides is 1. The summed E-state index contributed by atoms with van der Waals surface area (Å²) in [6.45, 7) is 3.92.